The van der Waals surface area contributed by atoms with Crippen LogP contribution in [0.5, 0.6) is 0 Å². The molecule has 0 saturated carbocycles. The maximum Gasteiger partial charge on any atom is 0.0540 e. The fourth-order valence-corrected chi connectivity index (χ4v) is 3.42. The van der Waals surface area contributed by atoms with E-state index in [9.17, 15) is 0 Å². The predicted molar refractivity (Wildman–Crippen MR) is 82.4 cm³/mol. The third kappa shape index (κ3) is 4.81. The Kier molecular flexibility index (Phi) is 5.62. The summed E-state index contributed by atoms with van der Waals surface area (Å²) in [6.07, 6.45) is 0.545. The van der Waals surface area contributed by atoms with Gasteiger partial charge in [0.1, 0.15) is 0 Å². The molecule has 2 aromatic rings. The first kappa shape index (κ1) is 14.3. The molecular formula is C15H17NOS2. The highest BCUT2D eigenvalue weighted by atomic mass is 32.1. The molecule has 19 heavy (non-hydrogen) atoms. The molecule has 2 nitrogen and oxygen atoms in total. The summed E-state index contributed by atoms with van der Waals surface area (Å²) in [6, 6.07) is 6.40. The largest absolute Gasteiger partial charge is 0.395 e. The van der Waals surface area contributed by atoms with Gasteiger partial charge >= 0.3 is 0 Å². The molecule has 0 fully saturated rings. The summed E-state index contributed by atoms with van der Waals surface area (Å²) in [7, 11) is 2.14. The van der Waals surface area contributed by atoms with E-state index in [2.05, 4.69) is 52.7 Å². The van der Waals surface area contributed by atoms with Gasteiger partial charge in [-0.3, -0.25) is 4.90 Å². The summed E-state index contributed by atoms with van der Waals surface area (Å²) in [5.74, 6) is 6.02. The molecule has 0 amide bonds. The van der Waals surface area contributed by atoms with Crippen molar-refractivity contribution in [3.63, 3.8) is 0 Å². The van der Waals surface area contributed by atoms with E-state index in [-0.39, 0.29) is 6.61 Å². The van der Waals surface area contributed by atoms with Crippen LogP contribution in [0, 0.1) is 11.8 Å². The molecule has 4 heteroatoms. The maximum atomic E-state index is 8.69. The molecule has 0 aliphatic carbocycles. The molecular weight excluding hydrogens is 274 g/mol. The number of nitrogens with zero attached hydrogens (tertiary/aromatic N) is 1. The zero-order valence-corrected chi connectivity index (χ0v) is 12.6. The molecule has 2 rings (SSSR count). The molecule has 2 heterocycles. The number of hydrogen-bond acceptors (Lipinski definition) is 4. The van der Waals surface area contributed by atoms with Gasteiger partial charge in [-0.1, -0.05) is 17.9 Å². The van der Waals surface area contributed by atoms with Gasteiger partial charge in [0.25, 0.3) is 0 Å². The monoisotopic (exact) mass is 291 g/mol. The Hall–Kier alpha value is -1.12. The van der Waals surface area contributed by atoms with E-state index < -0.39 is 0 Å². The third-order valence-electron chi connectivity index (χ3n) is 2.55. The normalized spacial score (nSPS) is 10.5. The van der Waals surface area contributed by atoms with E-state index in [1.807, 2.05) is 0 Å². The Balaban J connectivity index is 1.87. The van der Waals surface area contributed by atoms with E-state index in [1.165, 1.54) is 9.75 Å². The van der Waals surface area contributed by atoms with Crippen LogP contribution in [-0.4, -0.2) is 23.7 Å². The molecule has 0 aliphatic heterocycles. The lowest BCUT2D eigenvalue weighted by Crippen LogP contribution is -2.15. The lowest BCUT2D eigenvalue weighted by Gasteiger charge is -2.13. The second-order valence-corrected chi connectivity index (χ2v) is 6.36. The molecule has 0 aromatic carbocycles. The van der Waals surface area contributed by atoms with Gasteiger partial charge in [0.2, 0.25) is 0 Å². The van der Waals surface area contributed by atoms with Crippen LogP contribution in [0.1, 0.15) is 21.7 Å². The van der Waals surface area contributed by atoms with Gasteiger partial charge in [0.05, 0.1) is 6.61 Å². The molecule has 0 bridgehead atoms. The minimum absolute atomic E-state index is 0.132. The number of aliphatic hydroxyl groups excluding tert-OH is 1. The number of rotatable bonds is 5. The minimum Gasteiger partial charge on any atom is -0.395 e. The lowest BCUT2D eigenvalue weighted by atomic mass is 10.3. The van der Waals surface area contributed by atoms with Crippen molar-refractivity contribution in [1.82, 2.24) is 4.90 Å². The Morgan fingerprint density at radius 3 is 2.84 bits per heavy atom. The number of aliphatic hydroxyl groups is 1. The van der Waals surface area contributed by atoms with Crippen molar-refractivity contribution in [3.05, 3.63) is 44.3 Å². The van der Waals surface area contributed by atoms with Crippen LogP contribution < -0.4 is 0 Å². The van der Waals surface area contributed by atoms with Crippen LogP contribution >= 0.6 is 22.7 Å². The van der Waals surface area contributed by atoms with E-state index in [0.29, 0.717) is 6.42 Å². The van der Waals surface area contributed by atoms with Gasteiger partial charge < -0.3 is 5.11 Å². The SMILES string of the molecule is CN(Cc1cccs1)Cc1cc(C#CCCO)cs1. The van der Waals surface area contributed by atoms with E-state index in [0.717, 1.165) is 18.7 Å². The summed E-state index contributed by atoms with van der Waals surface area (Å²) in [6.45, 7) is 2.07. The first-order chi connectivity index (χ1) is 9.28. The average Bonchev–Trinajstić information content (AvgIpc) is 3.02. The van der Waals surface area contributed by atoms with Crippen LogP contribution in [-0.2, 0) is 13.1 Å². The van der Waals surface area contributed by atoms with Crippen molar-refractivity contribution in [1.29, 1.82) is 0 Å². The number of thiophene rings is 2. The molecule has 0 radical (unpaired) electrons. The van der Waals surface area contributed by atoms with E-state index in [1.54, 1.807) is 22.7 Å². The lowest BCUT2D eigenvalue weighted by molar-refractivity contribution is 0.305. The Morgan fingerprint density at radius 1 is 1.26 bits per heavy atom. The smallest absolute Gasteiger partial charge is 0.0540 e. The molecule has 0 spiro atoms. The molecule has 1 N–H and O–H groups in total. The summed E-state index contributed by atoms with van der Waals surface area (Å²) >= 11 is 3.54. The average molecular weight is 291 g/mol. The minimum atomic E-state index is 0.132. The van der Waals surface area contributed by atoms with Gasteiger partial charge in [-0.05, 0) is 24.6 Å². The predicted octanol–water partition coefficient (Wildman–Crippen LogP) is 3.18. The Bertz CT molecular complexity index is 548. The van der Waals surface area contributed by atoms with Crippen molar-refractivity contribution < 1.29 is 5.11 Å². The molecule has 2 aromatic heterocycles. The molecule has 0 atom stereocenters. The summed E-state index contributed by atoms with van der Waals surface area (Å²) in [4.78, 5) is 5.03. The Morgan fingerprint density at radius 2 is 2.11 bits per heavy atom. The van der Waals surface area contributed by atoms with Crippen molar-refractivity contribution >= 4 is 22.7 Å². The number of hydrogen-bond donors (Lipinski definition) is 1. The highest BCUT2D eigenvalue weighted by Crippen LogP contribution is 2.18. The zero-order valence-electron chi connectivity index (χ0n) is 10.9. The maximum absolute atomic E-state index is 8.69. The molecule has 0 saturated heterocycles. The molecule has 0 unspecified atom stereocenters. The highest BCUT2D eigenvalue weighted by molar-refractivity contribution is 7.10. The second kappa shape index (κ2) is 7.46. The van der Waals surface area contributed by atoms with Gasteiger partial charge in [0.15, 0.2) is 0 Å². The summed E-state index contributed by atoms with van der Waals surface area (Å²) in [5.41, 5.74) is 1.05. The van der Waals surface area contributed by atoms with Crippen LogP contribution in [0.25, 0.3) is 0 Å². The molecule has 100 valence electrons. The standard InChI is InChI=1S/C15H17NOS2/c1-16(10-14-6-4-8-18-14)11-15-9-13(12-19-15)5-2-3-7-17/h4,6,8-9,12,17H,3,7,10-11H2,1H3. The third-order valence-corrected chi connectivity index (χ3v) is 4.34. The van der Waals surface area contributed by atoms with Gasteiger partial charge in [-0.2, -0.15) is 0 Å². The van der Waals surface area contributed by atoms with Crippen molar-refractivity contribution in [2.75, 3.05) is 13.7 Å². The second-order valence-electron chi connectivity index (χ2n) is 4.33. The first-order valence-corrected chi connectivity index (χ1v) is 7.92. The Labute approximate surface area is 122 Å². The quantitative estimate of drug-likeness (QED) is 0.855. The zero-order chi connectivity index (χ0) is 13.5. The van der Waals surface area contributed by atoms with Gasteiger partial charge in [-0.25, -0.2) is 0 Å². The fourth-order valence-electron chi connectivity index (χ4n) is 1.74. The summed E-state index contributed by atoms with van der Waals surface area (Å²) in [5, 5.41) is 12.9. The van der Waals surface area contributed by atoms with Crippen LogP contribution in [0.4, 0.5) is 0 Å². The van der Waals surface area contributed by atoms with Gasteiger partial charge in [-0.15, -0.1) is 22.7 Å². The highest BCUT2D eigenvalue weighted by Gasteiger charge is 2.04. The van der Waals surface area contributed by atoms with Crippen LogP contribution in [0.3, 0.4) is 0 Å². The molecule has 0 aliphatic rings. The van der Waals surface area contributed by atoms with Crippen LogP contribution in [0.2, 0.25) is 0 Å². The fraction of sp³-hybridized carbons (Fsp3) is 0.333. The van der Waals surface area contributed by atoms with Gasteiger partial charge in [0, 0.05) is 40.2 Å². The summed E-state index contributed by atoms with van der Waals surface area (Å²) < 4.78 is 0. The van der Waals surface area contributed by atoms with E-state index in [4.69, 9.17) is 5.11 Å². The van der Waals surface area contributed by atoms with Crippen LogP contribution in [0.15, 0.2) is 29.0 Å². The van der Waals surface area contributed by atoms with Crippen molar-refractivity contribution in [2.24, 2.45) is 0 Å². The van der Waals surface area contributed by atoms with Crippen molar-refractivity contribution in [3.8, 4) is 11.8 Å². The van der Waals surface area contributed by atoms with E-state index >= 15 is 0 Å². The van der Waals surface area contributed by atoms with Crippen molar-refractivity contribution in [2.45, 2.75) is 19.5 Å². The topological polar surface area (TPSA) is 23.5 Å². The first-order valence-electron chi connectivity index (χ1n) is 6.16.